The van der Waals surface area contributed by atoms with Crippen molar-refractivity contribution in [3.8, 4) is 0 Å². The third-order valence-corrected chi connectivity index (χ3v) is 4.01. The lowest BCUT2D eigenvalue weighted by Crippen LogP contribution is -2.41. The van der Waals surface area contributed by atoms with E-state index in [1.165, 1.54) is 0 Å². The van der Waals surface area contributed by atoms with Gasteiger partial charge in [0.25, 0.3) is 0 Å². The number of hydrogen-bond donors (Lipinski definition) is 0. The molecule has 1 aliphatic rings. The van der Waals surface area contributed by atoms with Crippen LogP contribution in [0.15, 0.2) is 30.2 Å². The number of carbonyl (C=O) groups is 1. The van der Waals surface area contributed by atoms with E-state index in [1.807, 2.05) is 64.0 Å². The van der Waals surface area contributed by atoms with Crippen LogP contribution in [0.5, 0.6) is 0 Å². The van der Waals surface area contributed by atoms with Gasteiger partial charge in [-0.2, -0.15) is 0 Å². The summed E-state index contributed by atoms with van der Waals surface area (Å²) in [6, 6.07) is 7.51. The summed E-state index contributed by atoms with van der Waals surface area (Å²) in [5.41, 5.74) is 1.01. The Morgan fingerprint density at radius 1 is 1.15 bits per heavy atom. The molecule has 3 nitrogen and oxygen atoms in total. The second kappa shape index (κ2) is 5.19. The first-order valence-electron chi connectivity index (χ1n) is 6.86. The Bertz CT molecular complexity index is 530. The average Bonchev–Trinajstić information content (AvgIpc) is 2.56. The van der Waals surface area contributed by atoms with Gasteiger partial charge in [0.15, 0.2) is 5.78 Å². The molecule has 20 heavy (non-hydrogen) atoms. The van der Waals surface area contributed by atoms with Crippen molar-refractivity contribution in [3.05, 3.63) is 41.4 Å². The van der Waals surface area contributed by atoms with Crippen LogP contribution >= 0.6 is 0 Å². The van der Waals surface area contributed by atoms with Crippen LogP contribution in [0.25, 0.3) is 6.08 Å². The van der Waals surface area contributed by atoms with Crippen molar-refractivity contribution in [1.29, 1.82) is 0 Å². The smallest absolute Gasteiger partial charge is 0.400 e. The van der Waals surface area contributed by atoms with Crippen molar-refractivity contribution in [1.82, 2.24) is 0 Å². The van der Waals surface area contributed by atoms with Crippen molar-refractivity contribution >= 4 is 19.0 Å². The zero-order valence-electron chi connectivity index (χ0n) is 12.8. The fourth-order valence-corrected chi connectivity index (χ4v) is 2.02. The van der Waals surface area contributed by atoms with Gasteiger partial charge in [0.2, 0.25) is 0 Å². The SMILES string of the molecule is CC(=O)c1cccc(/C=C/B2OC(C)(C)C(C)(C)O2)c1. The molecule has 0 aliphatic carbocycles. The molecule has 0 bridgehead atoms. The minimum atomic E-state index is -0.360. The molecular weight excluding hydrogens is 251 g/mol. The largest absolute Gasteiger partial charge is 0.487 e. The molecule has 0 atom stereocenters. The summed E-state index contributed by atoms with van der Waals surface area (Å²) in [6.45, 7) is 9.67. The molecular formula is C16H21BO3. The molecule has 1 aromatic carbocycles. The molecule has 2 rings (SSSR count). The summed E-state index contributed by atoms with van der Waals surface area (Å²) in [6.07, 6.45) is 1.93. The van der Waals surface area contributed by atoms with Crippen molar-refractivity contribution in [2.24, 2.45) is 0 Å². The molecule has 0 spiro atoms. The fraction of sp³-hybridized carbons (Fsp3) is 0.438. The molecule has 0 aromatic heterocycles. The third kappa shape index (κ3) is 3.02. The molecule has 1 fully saturated rings. The van der Waals surface area contributed by atoms with E-state index in [0.29, 0.717) is 5.56 Å². The minimum Gasteiger partial charge on any atom is -0.400 e. The molecule has 0 unspecified atom stereocenters. The second-order valence-electron chi connectivity index (χ2n) is 6.17. The number of benzene rings is 1. The van der Waals surface area contributed by atoms with Crippen LogP contribution in [0.3, 0.4) is 0 Å². The molecule has 1 saturated heterocycles. The topological polar surface area (TPSA) is 35.5 Å². The second-order valence-corrected chi connectivity index (χ2v) is 6.17. The summed E-state index contributed by atoms with van der Waals surface area (Å²) >= 11 is 0. The van der Waals surface area contributed by atoms with Gasteiger partial charge < -0.3 is 9.31 Å². The molecule has 0 N–H and O–H groups in total. The molecule has 1 heterocycles. The van der Waals surface area contributed by atoms with E-state index >= 15 is 0 Å². The predicted octanol–water partition coefficient (Wildman–Crippen LogP) is 3.53. The van der Waals surface area contributed by atoms with Crippen molar-refractivity contribution < 1.29 is 14.1 Å². The Labute approximate surface area is 121 Å². The lowest BCUT2D eigenvalue weighted by molar-refractivity contribution is 0.00578. The van der Waals surface area contributed by atoms with Gasteiger partial charge in [0.1, 0.15) is 0 Å². The van der Waals surface area contributed by atoms with E-state index < -0.39 is 0 Å². The number of Topliss-reactive ketones (excluding diaryl/α,β-unsaturated/α-hetero) is 1. The van der Waals surface area contributed by atoms with Crippen molar-refractivity contribution in [3.63, 3.8) is 0 Å². The molecule has 0 radical (unpaired) electrons. The summed E-state index contributed by atoms with van der Waals surface area (Å²) in [4.78, 5) is 11.4. The van der Waals surface area contributed by atoms with Crippen LogP contribution < -0.4 is 0 Å². The van der Waals surface area contributed by atoms with E-state index in [-0.39, 0.29) is 24.1 Å². The molecule has 1 aliphatic heterocycles. The highest BCUT2D eigenvalue weighted by Crippen LogP contribution is 2.37. The minimum absolute atomic E-state index is 0.0656. The fourth-order valence-electron chi connectivity index (χ4n) is 2.02. The summed E-state index contributed by atoms with van der Waals surface area (Å²) < 4.78 is 11.8. The predicted molar refractivity (Wildman–Crippen MR) is 81.6 cm³/mol. The maximum atomic E-state index is 11.4. The van der Waals surface area contributed by atoms with Gasteiger partial charge in [0, 0.05) is 5.56 Å². The maximum absolute atomic E-state index is 11.4. The standard InChI is InChI=1S/C16H21BO3/c1-12(18)14-8-6-7-13(11-14)9-10-17-19-15(2,3)16(4,5)20-17/h6-11H,1-5H3/b10-9+. The van der Waals surface area contributed by atoms with Gasteiger partial charge in [-0.15, -0.1) is 0 Å². The zero-order valence-corrected chi connectivity index (χ0v) is 12.8. The van der Waals surface area contributed by atoms with Gasteiger partial charge in [-0.1, -0.05) is 30.3 Å². The van der Waals surface area contributed by atoms with Gasteiger partial charge in [-0.05, 0) is 46.2 Å². The highest BCUT2D eigenvalue weighted by Gasteiger charge is 2.49. The Hall–Kier alpha value is -1.39. The summed E-state index contributed by atoms with van der Waals surface area (Å²) in [5.74, 6) is 1.95. The van der Waals surface area contributed by atoms with E-state index in [0.717, 1.165) is 5.56 Å². The van der Waals surface area contributed by atoms with Gasteiger partial charge in [-0.25, -0.2) is 0 Å². The molecule has 1 aromatic rings. The van der Waals surface area contributed by atoms with Crippen LogP contribution in [0.4, 0.5) is 0 Å². The third-order valence-electron chi connectivity index (χ3n) is 4.01. The molecule has 0 amide bonds. The first-order chi connectivity index (χ1) is 9.21. The molecule has 4 heteroatoms. The quantitative estimate of drug-likeness (QED) is 0.623. The van der Waals surface area contributed by atoms with Gasteiger partial charge in [0.05, 0.1) is 11.2 Å². The van der Waals surface area contributed by atoms with Gasteiger partial charge >= 0.3 is 7.12 Å². The maximum Gasteiger partial charge on any atom is 0.487 e. The summed E-state index contributed by atoms with van der Waals surface area (Å²) in [7, 11) is -0.360. The highest BCUT2D eigenvalue weighted by molar-refractivity contribution is 6.52. The normalized spacial score (nSPS) is 20.6. The van der Waals surface area contributed by atoms with E-state index in [4.69, 9.17) is 9.31 Å². The lowest BCUT2D eigenvalue weighted by Gasteiger charge is -2.32. The van der Waals surface area contributed by atoms with Crippen LogP contribution in [-0.4, -0.2) is 24.1 Å². The van der Waals surface area contributed by atoms with Crippen LogP contribution in [0.2, 0.25) is 0 Å². The zero-order chi connectivity index (χ0) is 15.0. The average molecular weight is 272 g/mol. The van der Waals surface area contributed by atoms with E-state index in [1.54, 1.807) is 6.92 Å². The van der Waals surface area contributed by atoms with E-state index in [9.17, 15) is 4.79 Å². The molecule has 106 valence electrons. The first-order valence-corrected chi connectivity index (χ1v) is 6.86. The number of carbonyl (C=O) groups excluding carboxylic acids is 1. The summed E-state index contributed by atoms with van der Waals surface area (Å²) in [5, 5.41) is 0. The van der Waals surface area contributed by atoms with Crippen LogP contribution in [-0.2, 0) is 9.31 Å². The van der Waals surface area contributed by atoms with Gasteiger partial charge in [-0.3, -0.25) is 4.79 Å². The lowest BCUT2D eigenvalue weighted by atomic mass is 9.89. The van der Waals surface area contributed by atoms with Crippen molar-refractivity contribution in [2.75, 3.05) is 0 Å². The Morgan fingerprint density at radius 2 is 1.75 bits per heavy atom. The monoisotopic (exact) mass is 272 g/mol. The van der Waals surface area contributed by atoms with Crippen molar-refractivity contribution in [2.45, 2.75) is 45.8 Å². The number of hydrogen-bond acceptors (Lipinski definition) is 3. The first kappa shape index (κ1) is 15.0. The van der Waals surface area contributed by atoms with E-state index in [2.05, 4.69) is 0 Å². The van der Waals surface area contributed by atoms with Crippen LogP contribution in [0, 0.1) is 0 Å². The molecule has 0 saturated carbocycles. The van der Waals surface area contributed by atoms with Crippen LogP contribution in [0.1, 0.15) is 50.5 Å². The number of ketones is 1. The Balaban J connectivity index is 2.12. The highest BCUT2D eigenvalue weighted by atomic mass is 16.7. The number of rotatable bonds is 3. The Morgan fingerprint density at radius 3 is 2.30 bits per heavy atom. The Kier molecular flexibility index (Phi) is 3.89.